The van der Waals surface area contributed by atoms with Crippen molar-refractivity contribution in [1.82, 2.24) is 19.9 Å². The molecule has 26 heavy (non-hydrogen) atoms. The molecule has 3 aromatic rings. The van der Waals surface area contributed by atoms with Gasteiger partial charge in [0.05, 0.1) is 41.0 Å². The molecule has 0 aliphatic carbocycles. The molecule has 0 saturated carbocycles. The van der Waals surface area contributed by atoms with Gasteiger partial charge in [0.25, 0.3) is 11.5 Å². The van der Waals surface area contributed by atoms with E-state index in [-0.39, 0.29) is 11.5 Å². The number of aryl methyl sites for hydroxylation is 1. The molecule has 0 fully saturated rings. The first-order chi connectivity index (χ1) is 12.6. The average Bonchev–Trinajstić information content (AvgIpc) is 2.66. The molecule has 0 aliphatic rings. The van der Waals surface area contributed by atoms with Crippen molar-refractivity contribution < 1.29 is 9.53 Å². The van der Waals surface area contributed by atoms with Gasteiger partial charge in [-0.1, -0.05) is 6.07 Å². The SMILES string of the molecule is COCCn1ccc2nc(C)c(C(=O)NCc3ccccn3)cc2c1=O. The number of hydrogen-bond donors (Lipinski definition) is 1. The van der Waals surface area contributed by atoms with Crippen molar-refractivity contribution in [2.45, 2.75) is 20.0 Å². The van der Waals surface area contributed by atoms with E-state index in [0.717, 1.165) is 5.69 Å². The number of nitrogens with one attached hydrogen (secondary N) is 1. The van der Waals surface area contributed by atoms with Gasteiger partial charge in [-0.3, -0.25) is 19.6 Å². The van der Waals surface area contributed by atoms with Crippen molar-refractivity contribution >= 4 is 16.8 Å². The summed E-state index contributed by atoms with van der Waals surface area (Å²) in [7, 11) is 1.58. The summed E-state index contributed by atoms with van der Waals surface area (Å²) in [6.45, 7) is 2.94. The maximum Gasteiger partial charge on any atom is 0.260 e. The Labute approximate surface area is 150 Å². The Morgan fingerprint density at radius 2 is 2.15 bits per heavy atom. The number of aromatic nitrogens is 3. The molecule has 0 radical (unpaired) electrons. The van der Waals surface area contributed by atoms with Gasteiger partial charge in [0.15, 0.2) is 0 Å². The van der Waals surface area contributed by atoms with Gasteiger partial charge >= 0.3 is 0 Å². The monoisotopic (exact) mass is 352 g/mol. The second-order valence-electron chi connectivity index (χ2n) is 5.86. The molecule has 0 aromatic carbocycles. The maximum atomic E-state index is 12.6. The minimum Gasteiger partial charge on any atom is -0.383 e. The summed E-state index contributed by atoms with van der Waals surface area (Å²) in [6.07, 6.45) is 3.36. The molecule has 7 nitrogen and oxygen atoms in total. The van der Waals surface area contributed by atoms with Crippen molar-refractivity contribution in [2.24, 2.45) is 0 Å². The topological polar surface area (TPSA) is 86.1 Å². The van der Waals surface area contributed by atoms with Crippen LogP contribution in [0, 0.1) is 6.92 Å². The van der Waals surface area contributed by atoms with Gasteiger partial charge in [-0.25, -0.2) is 0 Å². The highest BCUT2D eigenvalue weighted by molar-refractivity contribution is 5.98. The molecule has 0 unspecified atom stereocenters. The standard InChI is InChI=1S/C19H20N4O3/c1-13-15(18(24)21-12-14-5-3-4-7-20-14)11-16-17(22-13)6-8-23(19(16)25)9-10-26-2/h3-8,11H,9-10,12H2,1-2H3,(H,21,24). The predicted octanol–water partition coefficient (Wildman–Crippen LogP) is 1.68. The molecule has 0 atom stereocenters. The predicted molar refractivity (Wildman–Crippen MR) is 98.0 cm³/mol. The number of methoxy groups -OCH3 is 1. The van der Waals surface area contributed by atoms with E-state index in [4.69, 9.17) is 4.74 Å². The third-order valence-electron chi connectivity index (χ3n) is 4.08. The van der Waals surface area contributed by atoms with Gasteiger partial charge in [0, 0.05) is 26.0 Å². The van der Waals surface area contributed by atoms with Crippen LogP contribution >= 0.6 is 0 Å². The van der Waals surface area contributed by atoms with Gasteiger partial charge in [-0.2, -0.15) is 0 Å². The molecule has 3 heterocycles. The van der Waals surface area contributed by atoms with E-state index < -0.39 is 0 Å². The Morgan fingerprint density at radius 3 is 2.88 bits per heavy atom. The number of amides is 1. The fourth-order valence-corrected chi connectivity index (χ4v) is 2.67. The van der Waals surface area contributed by atoms with E-state index in [9.17, 15) is 9.59 Å². The summed E-state index contributed by atoms with van der Waals surface area (Å²) >= 11 is 0. The van der Waals surface area contributed by atoms with Crippen LogP contribution in [-0.2, 0) is 17.8 Å². The quantitative estimate of drug-likeness (QED) is 0.729. The van der Waals surface area contributed by atoms with E-state index in [1.807, 2.05) is 18.2 Å². The molecule has 134 valence electrons. The number of rotatable bonds is 6. The third kappa shape index (κ3) is 3.78. The smallest absolute Gasteiger partial charge is 0.260 e. The highest BCUT2D eigenvalue weighted by Crippen LogP contribution is 2.13. The molecule has 0 spiro atoms. The highest BCUT2D eigenvalue weighted by Gasteiger charge is 2.14. The number of carbonyl (C=O) groups is 1. The number of carbonyl (C=O) groups excluding carboxylic acids is 1. The van der Waals surface area contributed by atoms with Crippen molar-refractivity contribution in [3.05, 3.63) is 70.0 Å². The summed E-state index contributed by atoms with van der Waals surface area (Å²) in [5.74, 6) is -0.283. The van der Waals surface area contributed by atoms with Crippen molar-refractivity contribution in [3.8, 4) is 0 Å². The van der Waals surface area contributed by atoms with E-state index in [1.165, 1.54) is 0 Å². The zero-order chi connectivity index (χ0) is 18.5. The summed E-state index contributed by atoms with van der Waals surface area (Å²) in [5.41, 5.74) is 2.10. The number of ether oxygens (including phenoxy) is 1. The first-order valence-electron chi connectivity index (χ1n) is 8.28. The van der Waals surface area contributed by atoms with E-state index in [2.05, 4.69) is 15.3 Å². The number of hydrogen-bond acceptors (Lipinski definition) is 5. The molecule has 1 amide bonds. The molecule has 1 N–H and O–H groups in total. The van der Waals surface area contributed by atoms with Crippen LogP contribution in [0.5, 0.6) is 0 Å². The minimum atomic E-state index is -0.283. The van der Waals surface area contributed by atoms with Crippen molar-refractivity contribution in [1.29, 1.82) is 0 Å². The normalized spacial score (nSPS) is 10.8. The van der Waals surface area contributed by atoms with E-state index in [1.54, 1.807) is 43.1 Å². The van der Waals surface area contributed by atoms with Gasteiger partial charge < -0.3 is 14.6 Å². The van der Waals surface area contributed by atoms with E-state index in [0.29, 0.717) is 41.9 Å². The van der Waals surface area contributed by atoms with E-state index >= 15 is 0 Å². The van der Waals surface area contributed by atoms with Gasteiger partial charge in [0.2, 0.25) is 0 Å². The highest BCUT2D eigenvalue weighted by atomic mass is 16.5. The fourth-order valence-electron chi connectivity index (χ4n) is 2.67. The first-order valence-corrected chi connectivity index (χ1v) is 8.28. The lowest BCUT2D eigenvalue weighted by molar-refractivity contribution is 0.0949. The fraction of sp³-hybridized carbons (Fsp3) is 0.263. The van der Waals surface area contributed by atoms with Crippen LogP contribution in [0.1, 0.15) is 21.7 Å². The average molecular weight is 352 g/mol. The minimum absolute atomic E-state index is 0.189. The Hall–Kier alpha value is -3.06. The van der Waals surface area contributed by atoms with Crippen molar-refractivity contribution in [2.75, 3.05) is 13.7 Å². The van der Waals surface area contributed by atoms with Gasteiger partial charge in [-0.05, 0) is 31.2 Å². The van der Waals surface area contributed by atoms with Crippen LogP contribution in [0.25, 0.3) is 10.9 Å². The molecule has 0 saturated heterocycles. The lowest BCUT2D eigenvalue weighted by atomic mass is 10.1. The summed E-state index contributed by atoms with van der Waals surface area (Å²) in [6, 6.07) is 8.89. The Balaban J connectivity index is 1.89. The van der Waals surface area contributed by atoms with Crippen LogP contribution < -0.4 is 10.9 Å². The van der Waals surface area contributed by atoms with Crippen LogP contribution in [-0.4, -0.2) is 34.2 Å². The Kier molecular flexibility index (Phi) is 5.38. The van der Waals surface area contributed by atoms with Gasteiger partial charge in [0.1, 0.15) is 0 Å². The molecule has 7 heteroatoms. The zero-order valence-electron chi connectivity index (χ0n) is 14.7. The molecule has 3 aromatic heterocycles. The summed E-state index contributed by atoms with van der Waals surface area (Å²) < 4.78 is 6.58. The lowest BCUT2D eigenvalue weighted by Crippen LogP contribution is -2.26. The number of fused-ring (bicyclic) bond motifs is 1. The Morgan fingerprint density at radius 1 is 1.31 bits per heavy atom. The second-order valence-corrected chi connectivity index (χ2v) is 5.86. The van der Waals surface area contributed by atoms with Crippen LogP contribution in [0.3, 0.4) is 0 Å². The van der Waals surface area contributed by atoms with Crippen molar-refractivity contribution in [3.63, 3.8) is 0 Å². The third-order valence-corrected chi connectivity index (χ3v) is 4.08. The van der Waals surface area contributed by atoms with Crippen LogP contribution in [0.15, 0.2) is 47.5 Å². The first kappa shape index (κ1) is 17.8. The number of pyridine rings is 3. The Bertz CT molecular complexity index is 983. The van der Waals surface area contributed by atoms with Crippen LogP contribution in [0.2, 0.25) is 0 Å². The molecular weight excluding hydrogens is 332 g/mol. The van der Waals surface area contributed by atoms with Gasteiger partial charge in [-0.15, -0.1) is 0 Å². The molecule has 0 aliphatic heterocycles. The second kappa shape index (κ2) is 7.88. The maximum absolute atomic E-state index is 12.6. The number of nitrogens with zero attached hydrogens (tertiary/aromatic N) is 3. The summed E-state index contributed by atoms with van der Waals surface area (Å²) in [4.78, 5) is 33.8. The molecule has 3 rings (SSSR count). The summed E-state index contributed by atoms with van der Waals surface area (Å²) in [5, 5.41) is 3.23. The largest absolute Gasteiger partial charge is 0.383 e. The zero-order valence-corrected chi connectivity index (χ0v) is 14.7. The lowest BCUT2D eigenvalue weighted by Gasteiger charge is -2.10. The van der Waals surface area contributed by atoms with Crippen LogP contribution in [0.4, 0.5) is 0 Å². The molecule has 0 bridgehead atoms. The molecular formula is C19H20N4O3.